The van der Waals surface area contributed by atoms with Crippen molar-refractivity contribution in [3.05, 3.63) is 0 Å². The lowest BCUT2D eigenvalue weighted by atomic mass is 10.1. The van der Waals surface area contributed by atoms with Crippen LogP contribution in [0.4, 0.5) is 0 Å². The molecule has 0 radical (unpaired) electrons. The number of aliphatic hydroxyl groups is 1. The minimum Gasteiger partial charge on any atom is -0.388 e. The molecule has 0 aromatic carbocycles. The van der Waals surface area contributed by atoms with E-state index in [0.29, 0.717) is 19.3 Å². The fraction of sp³-hybridized carbons (Fsp3) is 1.00. The second-order valence-corrected chi connectivity index (χ2v) is 6.09. The molecule has 1 aliphatic carbocycles. The zero-order valence-corrected chi connectivity index (χ0v) is 13.3. The Morgan fingerprint density at radius 2 is 1.60 bits per heavy atom. The second-order valence-electron chi connectivity index (χ2n) is 6.09. The monoisotopic (exact) mass is 286 g/mol. The highest BCUT2D eigenvalue weighted by Gasteiger charge is 2.13. The highest BCUT2D eigenvalue weighted by atomic mass is 16.5. The number of ether oxygens (including phenoxy) is 2. The summed E-state index contributed by atoms with van der Waals surface area (Å²) in [7, 11) is 0. The predicted octanol–water partition coefficient (Wildman–Crippen LogP) is 4.07. The van der Waals surface area contributed by atoms with E-state index in [9.17, 15) is 5.11 Å². The van der Waals surface area contributed by atoms with E-state index in [1.165, 1.54) is 51.4 Å². The summed E-state index contributed by atoms with van der Waals surface area (Å²) >= 11 is 0. The number of rotatable bonds is 9. The van der Waals surface area contributed by atoms with Crippen LogP contribution in [0.1, 0.15) is 77.6 Å². The summed E-state index contributed by atoms with van der Waals surface area (Å²) in [6.45, 7) is 3.78. The second kappa shape index (κ2) is 12.6. The third kappa shape index (κ3) is 9.73. The number of hydrogen-bond donors (Lipinski definition) is 1. The van der Waals surface area contributed by atoms with Crippen molar-refractivity contribution in [2.24, 2.45) is 0 Å². The lowest BCUT2D eigenvalue weighted by Gasteiger charge is -2.19. The minimum atomic E-state index is -0.468. The maximum Gasteiger partial charge on any atom is 0.101 e. The average molecular weight is 286 g/mol. The molecule has 1 N–H and O–H groups in total. The van der Waals surface area contributed by atoms with Crippen LogP contribution >= 0.6 is 0 Å². The molecule has 0 bridgehead atoms. The molecular weight excluding hydrogens is 252 g/mol. The fourth-order valence-electron chi connectivity index (χ4n) is 2.73. The topological polar surface area (TPSA) is 38.7 Å². The maximum atomic E-state index is 9.87. The quantitative estimate of drug-likeness (QED) is 0.649. The van der Waals surface area contributed by atoms with E-state index < -0.39 is 6.10 Å². The van der Waals surface area contributed by atoms with Gasteiger partial charge in [0.15, 0.2) is 0 Å². The molecule has 0 spiro atoms. The van der Waals surface area contributed by atoms with Crippen molar-refractivity contribution in [2.45, 2.75) is 89.8 Å². The molecule has 0 heterocycles. The summed E-state index contributed by atoms with van der Waals surface area (Å²) in [6, 6.07) is 0. The van der Waals surface area contributed by atoms with E-state index in [1.807, 2.05) is 0 Å². The summed E-state index contributed by atoms with van der Waals surface area (Å²) in [5.74, 6) is 0. The van der Waals surface area contributed by atoms with Gasteiger partial charge in [-0.25, -0.2) is 0 Å². The Hall–Kier alpha value is -0.120. The molecule has 1 fully saturated rings. The first kappa shape index (κ1) is 17.9. The van der Waals surface area contributed by atoms with Gasteiger partial charge in [0.2, 0.25) is 0 Å². The normalized spacial score (nSPS) is 20.1. The first-order valence-corrected chi connectivity index (χ1v) is 8.70. The van der Waals surface area contributed by atoms with E-state index in [-0.39, 0.29) is 0 Å². The van der Waals surface area contributed by atoms with Crippen LogP contribution in [0.5, 0.6) is 0 Å². The van der Waals surface area contributed by atoms with Gasteiger partial charge in [0, 0.05) is 6.61 Å². The van der Waals surface area contributed by atoms with E-state index in [1.54, 1.807) is 0 Å². The van der Waals surface area contributed by atoms with Crippen molar-refractivity contribution in [2.75, 3.05) is 19.8 Å². The summed E-state index contributed by atoms with van der Waals surface area (Å²) in [4.78, 5) is 0. The first-order valence-electron chi connectivity index (χ1n) is 8.70. The molecule has 0 aromatic heterocycles. The summed E-state index contributed by atoms with van der Waals surface area (Å²) in [5.41, 5.74) is 0. The average Bonchev–Trinajstić information content (AvgIpc) is 2.58. The van der Waals surface area contributed by atoms with Gasteiger partial charge in [-0.2, -0.15) is 0 Å². The number of unbranched alkanes of at least 4 members (excludes halogenated alkanes) is 2. The maximum absolute atomic E-state index is 9.87. The van der Waals surface area contributed by atoms with Crippen LogP contribution in [0, 0.1) is 0 Å². The zero-order chi connectivity index (χ0) is 14.5. The van der Waals surface area contributed by atoms with E-state index >= 15 is 0 Å². The van der Waals surface area contributed by atoms with E-state index in [2.05, 4.69) is 6.92 Å². The first-order chi connectivity index (χ1) is 9.83. The third-order valence-corrected chi connectivity index (χ3v) is 4.03. The van der Waals surface area contributed by atoms with Crippen LogP contribution in [0.2, 0.25) is 0 Å². The molecule has 1 aliphatic rings. The Morgan fingerprint density at radius 3 is 2.25 bits per heavy atom. The lowest BCUT2D eigenvalue weighted by molar-refractivity contribution is -0.0492. The van der Waals surface area contributed by atoms with Crippen LogP contribution in [-0.2, 0) is 9.47 Å². The van der Waals surface area contributed by atoms with Gasteiger partial charge in [-0.1, -0.05) is 58.3 Å². The Kier molecular flexibility index (Phi) is 11.3. The molecule has 0 amide bonds. The van der Waals surface area contributed by atoms with Gasteiger partial charge in [-0.05, 0) is 19.3 Å². The molecule has 3 nitrogen and oxygen atoms in total. The molecule has 1 rings (SSSR count). The van der Waals surface area contributed by atoms with Gasteiger partial charge >= 0.3 is 0 Å². The van der Waals surface area contributed by atoms with Crippen LogP contribution < -0.4 is 0 Å². The van der Waals surface area contributed by atoms with Crippen molar-refractivity contribution in [1.29, 1.82) is 0 Å². The van der Waals surface area contributed by atoms with Crippen molar-refractivity contribution >= 4 is 0 Å². The highest BCUT2D eigenvalue weighted by molar-refractivity contribution is 4.64. The molecule has 1 saturated carbocycles. The Labute approximate surface area is 125 Å². The Bertz CT molecular complexity index is 198. The molecular formula is C17H34O3. The van der Waals surface area contributed by atoms with Gasteiger partial charge in [-0.3, -0.25) is 0 Å². The molecule has 0 aromatic rings. The number of hydrogen-bond acceptors (Lipinski definition) is 3. The van der Waals surface area contributed by atoms with Crippen molar-refractivity contribution in [3.8, 4) is 0 Å². The van der Waals surface area contributed by atoms with Gasteiger partial charge in [-0.15, -0.1) is 0 Å². The largest absolute Gasteiger partial charge is 0.388 e. The van der Waals surface area contributed by atoms with Gasteiger partial charge < -0.3 is 14.6 Å². The van der Waals surface area contributed by atoms with Crippen LogP contribution in [0.3, 0.4) is 0 Å². The molecule has 0 saturated heterocycles. The van der Waals surface area contributed by atoms with Gasteiger partial charge in [0.1, 0.15) is 6.10 Å². The van der Waals surface area contributed by atoms with Gasteiger partial charge in [0.25, 0.3) is 0 Å². The number of aliphatic hydroxyl groups excluding tert-OH is 1. The summed E-state index contributed by atoms with van der Waals surface area (Å²) in [6.07, 6.45) is 13.7. The molecule has 3 heteroatoms. The molecule has 20 heavy (non-hydrogen) atoms. The highest BCUT2D eigenvalue weighted by Crippen LogP contribution is 2.19. The van der Waals surface area contributed by atoms with Crippen LogP contribution in [-0.4, -0.2) is 37.1 Å². The lowest BCUT2D eigenvalue weighted by Crippen LogP contribution is -2.26. The van der Waals surface area contributed by atoms with Gasteiger partial charge in [0.05, 0.1) is 19.3 Å². The third-order valence-electron chi connectivity index (χ3n) is 4.03. The van der Waals surface area contributed by atoms with Crippen molar-refractivity contribution < 1.29 is 14.6 Å². The van der Waals surface area contributed by atoms with Crippen molar-refractivity contribution in [3.63, 3.8) is 0 Å². The fourth-order valence-corrected chi connectivity index (χ4v) is 2.73. The molecule has 1 unspecified atom stereocenters. The molecule has 1 atom stereocenters. The van der Waals surface area contributed by atoms with Crippen molar-refractivity contribution in [1.82, 2.24) is 0 Å². The SMILES string of the molecule is CCCCCOCC(O)COC1CCCCCCCC1. The molecule has 0 aliphatic heterocycles. The summed E-state index contributed by atoms with van der Waals surface area (Å²) in [5, 5.41) is 9.87. The van der Waals surface area contributed by atoms with E-state index in [0.717, 1.165) is 25.9 Å². The minimum absolute atomic E-state index is 0.350. The molecule has 120 valence electrons. The Balaban J connectivity index is 2.04. The summed E-state index contributed by atoms with van der Waals surface area (Å²) < 4.78 is 11.4. The smallest absolute Gasteiger partial charge is 0.101 e. The zero-order valence-electron chi connectivity index (χ0n) is 13.3. The Morgan fingerprint density at radius 1 is 0.950 bits per heavy atom. The standard InChI is InChI=1S/C17H34O3/c1-2-3-10-13-19-14-16(18)15-20-17-11-8-6-4-5-7-9-12-17/h16-18H,2-15H2,1H3. The van der Waals surface area contributed by atoms with Crippen LogP contribution in [0.25, 0.3) is 0 Å². The van der Waals surface area contributed by atoms with E-state index in [4.69, 9.17) is 9.47 Å². The van der Waals surface area contributed by atoms with Crippen LogP contribution in [0.15, 0.2) is 0 Å². The predicted molar refractivity (Wildman–Crippen MR) is 83.0 cm³/mol.